The molecule has 0 aliphatic carbocycles. The molecule has 1 fully saturated rings. The monoisotopic (exact) mass is 346 g/mol. The Morgan fingerprint density at radius 2 is 2.20 bits per heavy atom. The van der Waals surface area contributed by atoms with Crippen LogP contribution in [0.5, 0.6) is 0 Å². The molecular formula is C19H23FN2O3. The van der Waals surface area contributed by atoms with Crippen LogP contribution in [0.4, 0.5) is 4.39 Å². The van der Waals surface area contributed by atoms with Crippen molar-refractivity contribution in [1.82, 2.24) is 9.88 Å². The van der Waals surface area contributed by atoms with E-state index in [4.69, 9.17) is 9.15 Å². The third-order valence-electron chi connectivity index (χ3n) is 4.42. The van der Waals surface area contributed by atoms with Gasteiger partial charge < -0.3 is 14.1 Å². The number of halogens is 1. The number of ether oxygens (including phenoxy) is 1. The topological polar surface area (TPSA) is 55.6 Å². The number of carbonyl (C=O) groups excluding carboxylic acids is 1. The van der Waals surface area contributed by atoms with Crippen molar-refractivity contribution in [2.75, 3.05) is 26.3 Å². The second-order valence-corrected chi connectivity index (χ2v) is 6.28. The number of hydrogen-bond donors (Lipinski definition) is 0. The number of aromatic nitrogens is 1. The Bertz CT molecular complexity index is 699. The zero-order valence-electron chi connectivity index (χ0n) is 14.4. The van der Waals surface area contributed by atoms with Crippen molar-refractivity contribution in [1.29, 1.82) is 0 Å². The fraction of sp³-hybridized carbons (Fsp3) is 0.474. The second kappa shape index (κ2) is 8.25. The summed E-state index contributed by atoms with van der Waals surface area (Å²) in [5, 5.41) is 0. The molecule has 1 amide bonds. The lowest BCUT2D eigenvalue weighted by Gasteiger charge is -2.31. The molecule has 1 aliphatic rings. The number of amides is 1. The van der Waals surface area contributed by atoms with Crippen molar-refractivity contribution >= 4 is 5.91 Å². The minimum absolute atomic E-state index is 0.0182. The van der Waals surface area contributed by atoms with Crippen molar-refractivity contribution < 1.29 is 18.3 Å². The number of nitrogens with zero attached hydrogens (tertiary/aromatic N) is 2. The number of rotatable bonds is 6. The molecule has 25 heavy (non-hydrogen) atoms. The molecule has 134 valence electrons. The van der Waals surface area contributed by atoms with E-state index in [1.165, 1.54) is 12.1 Å². The lowest BCUT2D eigenvalue weighted by Crippen LogP contribution is -2.41. The van der Waals surface area contributed by atoms with E-state index in [2.05, 4.69) is 4.98 Å². The Kier molecular flexibility index (Phi) is 5.81. The third-order valence-corrected chi connectivity index (χ3v) is 4.42. The maximum absolute atomic E-state index is 13.0. The molecule has 0 saturated carbocycles. The molecule has 1 aliphatic heterocycles. The Hall–Kier alpha value is -2.21. The summed E-state index contributed by atoms with van der Waals surface area (Å²) >= 11 is 0. The number of piperidine rings is 1. The number of likely N-dealkylation sites (tertiary alicyclic amines) is 1. The highest BCUT2D eigenvalue weighted by Crippen LogP contribution is 2.27. The van der Waals surface area contributed by atoms with Crippen LogP contribution in [0.2, 0.25) is 0 Å². The van der Waals surface area contributed by atoms with Gasteiger partial charge in [-0.15, -0.1) is 0 Å². The van der Waals surface area contributed by atoms with Gasteiger partial charge >= 0.3 is 0 Å². The van der Waals surface area contributed by atoms with Crippen LogP contribution in [0.3, 0.4) is 0 Å². The van der Waals surface area contributed by atoms with Gasteiger partial charge in [0.05, 0.1) is 12.1 Å². The summed E-state index contributed by atoms with van der Waals surface area (Å²) in [6.07, 6.45) is 4.18. The van der Waals surface area contributed by atoms with Crippen molar-refractivity contribution in [3.63, 3.8) is 0 Å². The summed E-state index contributed by atoms with van der Waals surface area (Å²) in [6.45, 7) is 3.91. The largest absolute Gasteiger partial charge is 0.445 e. The predicted molar refractivity (Wildman–Crippen MR) is 90.8 cm³/mol. The quantitative estimate of drug-likeness (QED) is 0.806. The maximum Gasteiger partial charge on any atom is 0.248 e. The third kappa shape index (κ3) is 4.66. The number of oxazole rings is 1. The first-order chi connectivity index (χ1) is 12.2. The zero-order valence-corrected chi connectivity index (χ0v) is 14.4. The molecule has 0 N–H and O–H groups in total. The fourth-order valence-corrected chi connectivity index (χ4v) is 3.08. The number of benzene rings is 1. The first-order valence-corrected chi connectivity index (χ1v) is 8.70. The van der Waals surface area contributed by atoms with E-state index in [9.17, 15) is 9.18 Å². The molecule has 1 unspecified atom stereocenters. The number of carbonyl (C=O) groups is 1. The second-order valence-electron chi connectivity index (χ2n) is 6.28. The van der Waals surface area contributed by atoms with Gasteiger partial charge in [-0.1, -0.05) is 12.1 Å². The van der Waals surface area contributed by atoms with Gasteiger partial charge in [-0.25, -0.2) is 9.37 Å². The van der Waals surface area contributed by atoms with E-state index in [0.717, 1.165) is 30.7 Å². The Labute approximate surface area is 146 Å². The molecule has 6 heteroatoms. The summed E-state index contributed by atoms with van der Waals surface area (Å²) < 4.78 is 24.1. The van der Waals surface area contributed by atoms with E-state index >= 15 is 0 Å². The van der Waals surface area contributed by atoms with Crippen molar-refractivity contribution in [3.05, 3.63) is 53.5 Å². The van der Waals surface area contributed by atoms with Crippen molar-refractivity contribution in [3.8, 4) is 0 Å². The van der Waals surface area contributed by atoms with Gasteiger partial charge in [0, 0.05) is 26.1 Å². The van der Waals surface area contributed by atoms with Crippen LogP contribution >= 0.6 is 0 Å². The summed E-state index contributed by atoms with van der Waals surface area (Å²) in [5.41, 5.74) is 0.973. The average molecular weight is 346 g/mol. The van der Waals surface area contributed by atoms with Gasteiger partial charge in [-0.2, -0.15) is 0 Å². The van der Waals surface area contributed by atoms with E-state index < -0.39 is 0 Å². The summed E-state index contributed by atoms with van der Waals surface area (Å²) in [7, 11) is 0. The normalized spacial score (nSPS) is 17.7. The van der Waals surface area contributed by atoms with Crippen LogP contribution in [-0.4, -0.2) is 42.1 Å². The first-order valence-electron chi connectivity index (χ1n) is 8.70. The lowest BCUT2D eigenvalue weighted by molar-refractivity contribution is -0.137. The highest BCUT2D eigenvalue weighted by molar-refractivity contribution is 5.77. The van der Waals surface area contributed by atoms with E-state index in [-0.39, 0.29) is 24.2 Å². The molecule has 0 radical (unpaired) electrons. The smallest absolute Gasteiger partial charge is 0.248 e. The van der Waals surface area contributed by atoms with Gasteiger partial charge in [0.25, 0.3) is 0 Å². The van der Waals surface area contributed by atoms with Crippen LogP contribution in [0.1, 0.15) is 42.9 Å². The Morgan fingerprint density at radius 3 is 2.96 bits per heavy atom. The average Bonchev–Trinajstić information content (AvgIpc) is 3.10. The van der Waals surface area contributed by atoms with Gasteiger partial charge in [0.1, 0.15) is 18.2 Å². The molecule has 5 nitrogen and oxygen atoms in total. The highest BCUT2D eigenvalue weighted by Gasteiger charge is 2.27. The van der Waals surface area contributed by atoms with Crippen LogP contribution < -0.4 is 0 Å². The van der Waals surface area contributed by atoms with E-state index in [0.29, 0.717) is 25.5 Å². The van der Waals surface area contributed by atoms with Gasteiger partial charge in [-0.05, 0) is 37.5 Å². The van der Waals surface area contributed by atoms with E-state index in [1.54, 1.807) is 18.3 Å². The summed E-state index contributed by atoms with van der Waals surface area (Å²) in [5.74, 6) is 1.30. The minimum Gasteiger partial charge on any atom is -0.445 e. The molecule has 3 rings (SSSR count). The molecule has 1 aromatic heterocycles. The fourth-order valence-electron chi connectivity index (χ4n) is 3.08. The molecule has 0 bridgehead atoms. The van der Waals surface area contributed by atoms with Gasteiger partial charge in [0.15, 0.2) is 5.89 Å². The molecular weight excluding hydrogens is 323 g/mol. The van der Waals surface area contributed by atoms with Crippen molar-refractivity contribution in [2.45, 2.75) is 32.1 Å². The first kappa shape index (κ1) is 17.6. The Morgan fingerprint density at radius 1 is 1.40 bits per heavy atom. The molecule has 1 saturated heterocycles. The van der Waals surface area contributed by atoms with E-state index in [1.807, 2.05) is 11.8 Å². The maximum atomic E-state index is 13.0. The number of hydrogen-bond acceptors (Lipinski definition) is 4. The zero-order chi connectivity index (χ0) is 17.6. The molecule has 0 spiro atoms. The lowest BCUT2D eigenvalue weighted by atomic mass is 9.98. The highest BCUT2D eigenvalue weighted by atomic mass is 19.1. The van der Waals surface area contributed by atoms with Crippen LogP contribution in [0.25, 0.3) is 0 Å². The Balaban J connectivity index is 1.61. The minimum atomic E-state index is -0.249. The standard InChI is InChI=1S/C19H23FN2O3/c1-2-24-13-18(23)22-9-3-4-15(12-22)19-21-11-17(25-19)10-14-5-7-16(20)8-6-14/h5-8,11,15H,2-4,9-10,12-13H2,1H3. The van der Waals surface area contributed by atoms with Crippen molar-refractivity contribution in [2.24, 2.45) is 0 Å². The van der Waals surface area contributed by atoms with Crippen LogP contribution in [0.15, 0.2) is 34.9 Å². The summed E-state index contributed by atoms with van der Waals surface area (Å²) in [6, 6.07) is 6.36. The SMILES string of the molecule is CCOCC(=O)N1CCCC(c2ncc(Cc3ccc(F)cc3)o2)C1. The van der Waals surface area contributed by atoms with Gasteiger partial charge in [-0.3, -0.25) is 4.79 Å². The van der Waals surface area contributed by atoms with Crippen LogP contribution in [-0.2, 0) is 16.0 Å². The molecule has 1 atom stereocenters. The molecule has 2 heterocycles. The van der Waals surface area contributed by atoms with Gasteiger partial charge in [0.2, 0.25) is 5.91 Å². The molecule has 1 aromatic carbocycles. The predicted octanol–water partition coefficient (Wildman–Crippen LogP) is 3.15. The molecule has 2 aromatic rings. The summed E-state index contributed by atoms with van der Waals surface area (Å²) in [4.78, 5) is 18.4. The van der Waals surface area contributed by atoms with Crippen LogP contribution in [0, 0.1) is 5.82 Å².